The first-order chi connectivity index (χ1) is 18.6. The Kier molecular flexibility index (Phi) is 15.3. The minimum atomic E-state index is -0.950. The van der Waals surface area contributed by atoms with Crippen molar-refractivity contribution < 1.29 is 48.0 Å². The quantitative estimate of drug-likeness (QED) is 0.267. The van der Waals surface area contributed by atoms with Gasteiger partial charge in [-0.15, -0.1) is 0 Å². The molecule has 0 radical (unpaired) electrons. The number of carbonyl (C=O) groups excluding carboxylic acids is 3. The molecule has 2 amide bonds. The van der Waals surface area contributed by atoms with Gasteiger partial charge in [0.1, 0.15) is 24.4 Å². The van der Waals surface area contributed by atoms with Crippen LogP contribution in [0.25, 0.3) is 0 Å². The molecule has 0 atom stereocenters. The topological polar surface area (TPSA) is 159 Å². The van der Waals surface area contributed by atoms with Gasteiger partial charge in [-0.05, 0) is 99.8 Å². The molecule has 40 heavy (non-hydrogen) atoms. The number of carboxylic acids is 1. The van der Waals surface area contributed by atoms with Crippen molar-refractivity contribution in [3.63, 3.8) is 0 Å². The fraction of sp³-hybridized carbons (Fsp3) is 0.857. The summed E-state index contributed by atoms with van der Waals surface area (Å²) >= 11 is 0. The Hall–Kier alpha value is -2.60. The summed E-state index contributed by atoms with van der Waals surface area (Å²) in [4.78, 5) is 44.8. The molecule has 12 nitrogen and oxygen atoms in total. The number of hydrogen-bond donors (Lipinski definition) is 3. The smallest absolute Gasteiger partial charge is 0.407 e. The largest absolute Gasteiger partial charge is 0.480 e. The maximum Gasteiger partial charge on any atom is 0.407 e. The van der Waals surface area contributed by atoms with Crippen molar-refractivity contribution in [1.29, 1.82) is 0 Å². The van der Waals surface area contributed by atoms with E-state index in [2.05, 4.69) is 10.6 Å². The number of esters is 1. The number of nitrogens with one attached hydrogen (secondary N) is 2. The van der Waals surface area contributed by atoms with E-state index < -0.39 is 23.3 Å². The van der Waals surface area contributed by atoms with Gasteiger partial charge in [-0.3, -0.25) is 0 Å². The molecule has 232 valence electrons. The number of amides is 2. The first-order valence-corrected chi connectivity index (χ1v) is 14.2. The predicted molar refractivity (Wildman–Crippen MR) is 147 cm³/mol. The lowest BCUT2D eigenvalue weighted by atomic mass is 9.93. The number of rotatable bonds is 9. The highest BCUT2D eigenvalue weighted by Gasteiger charge is 2.27. The minimum absolute atomic E-state index is 0.00265. The van der Waals surface area contributed by atoms with Gasteiger partial charge < -0.3 is 39.4 Å². The van der Waals surface area contributed by atoms with Crippen LogP contribution in [0.3, 0.4) is 0 Å². The van der Waals surface area contributed by atoms with Gasteiger partial charge in [0.25, 0.3) is 0 Å². The van der Waals surface area contributed by atoms with E-state index in [0.29, 0.717) is 6.61 Å². The van der Waals surface area contributed by atoms with Gasteiger partial charge in [0, 0.05) is 12.1 Å². The fourth-order valence-corrected chi connectivity index (χ4v) is 4.27. The number of ether oxygens (including phenoxy) is 5. The van der Waals surface area contributed by atoms with Crippen molar-refractivity contribution >= 4 is 24.1 Å². The second kappa shape index (κ2) is 17.3. The first kappa shape index (κ1) is 35.4. The summed E-state index contributed by atoms with van der Waals surface area (Å²) in [6.07, 6.45) is 5.63. The fourth-order valence-electron chi connectivity index (χ4n) is 4.27. The summed E-state index contributed by atoms with van der Waals surface area (Å²) in [6, 6.07) is 0.196. The monoisotopic (exact) mass is 574 g/mol. The van der Waals surface area contributed by atoms with Crippen molar-refractivity contribution in [2.45, 2.75) is 135 Å². The molecule has 2 saturated carbocycles. The van der Waals surface area contributed by atoms with Gasteiger partial charge in [0.15, 0.2) is 0 Å². The Morgan fingerprint density at radius 3 is 1.38 bits per heavy atom. The SMILES string of the molecule is CC(C)(C)OC(=O)NC1CCC(OCC(=O)O)CC1.CCOC(=O)COC1CCC(NC(=O)OC(C)(C)C)CC1. The number of carboxylic acid groups (broad SMARTS) is 1. The van der Waals surface area contributed by atoms with Gasteiger partial charge >= 0.3 is 24.1 Å². The maximum atomic E-state index is 11.7. The molecule has 0 aromatic rings. The molecule has 3 N–H and O–H groups in total. The number of hydrogen-bond acceptors (Lipinski definition) is 9. The number of carbonyl (C=O) groups is 4. The highest BCUT2D eigenvalue weighted by molar-refractivity contribution is 5.70. The Bertz CT molecular complexity index is 790. The Morgan fingerprint density at radius 2 is 1.05 bits per heavy atom. The Labute approximate surface area is 238 Å². The van der Waals surface area contributed by atoms with Crippen molar-refractivity contribution in [3.05, 3.63) is 0 Å². The third-order valence-corrected chi connectivity index (χ3v) is 5.97. The normalized spacial score (nSPS) is 23.1. The van der Waals surface area contributed by atoms with Crippen LogP contribution in [0.2, 0.25) is 0 Å². The molecule has 0 unspecified atom stereocenters. The van der Waals surface area contributed by atoms with E-state index in [1.54, 1.807) is 6.92 Å². The van der Waals surface area contributed by atoms with E-state index in [1.165, 1.54) is 0 Å². The second-order valence-corrected chi connectivity index (χ2v) is 12.1. The molecule has 0 heterocycles. The zero-order valence-corrected chi connectivity index (χ0v) is 25.2. The van der Waals surface area contributed by atoms with Crippen LogP contribution in [0.1, 0.15) is 99.8 Å². The highest BCUT2D eigenvalue weighted by Crippen LogP contribution is 2.23. The predicted octanol–water partition coefficient (Wildman–Crippen LogP) is 4.33. The molecule has 0 saturated heterocycles. The lowest BCUT2D eigenvalue weighted by molar-refractivity contribution is -0.151. The average molecular weight is 575 g/mol. The van der Waals surface area contributed by atoms with Crippen LogP contribution in [0, 0.1) is 0 Å². The van der Waals surface area contributed by atoms with E-state index in [-0.39, 0.29) is 49.6 Å². The van der Waals surface area contributed by atoms with Crippen LogP contribution >= 0.6 is 0 Å². The Balaban J connectivity index is 0.000000402. The molecule has 2 fully saturated rings. The number of alkyl carbamates (subject to hydrolysis) is 2. The number of aliphatic carboxylic acids is 1. The molecule has 12 heteroatoms. The molecular weight excluding hydrogens is 524 g/mol. The minimum Gasteiger partial charge on any atom is -0.480 e. The van der Waals surface area contributed by atoms with E-state index in [4.69, 9.17) is 28.8 Å². The Morgan fingerprint density at radius 1 is 0.675 bits per heavy atom. The van der Waals surface area contributed by atoms with E-state index in [0.717, 1.165) is 51.4 Å². The molecular formula is C28H50N2O10. The van der Waals surface area contributed by atoms with Crippen LogP contribution in [0.5, 0.6) is 0 Å². The van der Waals surface area contributed by atoms with Crippen LogP contribution < -0.4 is 10.6 Å². The first-order valence-electron chi connectivity index (χ1n) is 14.2. The lowest BCUT2D eigenvalue weighted by Crippen LogP contribution is -2.42. The van der Waals surface area contributed by atoms with Crippen LogP contribution in [0.15, 0.2) is 0 Å². The molecule has 0 aromatic heterocycles. The summed E-state index contributed by atoms with van der Waals surface area (Å²) < 4.78 is 26.0. The van der Waals surface area contributed by atoms with E-state index >= 15 is 0 Å². The van der Waals surface area contributed by atoms with E-state index in [9.17, 15) is 19.2 Å². The lowest BCUT2D eigenvalue weighted by Gasteiger charge is -2.29. The second-order valence-electron chi connectivity index (χ2n) is 12.1. The molecule has 0 aliphatic heterocycles. The summed E-state index contributed by atoms with van der Waals surface area (Å²) in [5.74, 6) is -1.28. The van der Waals surface area contributed by atoms with Gasteiger partial charge in [0.05, 0.1) is 18.8 Å². The van der Waals surface area contributed by atoms with Crippen molar-refractivity contribution in [3.8, 4) is 0 Å². The van der Waals surface area contributed by atoms with Crippen molar-refractivity contribution in [2.75, 3.05) is 19.8 Å². The van der Waals surface area contributed by atoms with Crippen LogP contribution in [-0.2, 0) is 33.3 Å². The summed E-state index contributed by atoms with van der Waals surface area (Å²) in [7, 11) is 0. The van der Waals surface area contributed by atoms with Crippen molar-refractivity contribution in [1.82, 2.24) is 10.6 Å². The van der Waals surface area contributed by atoms with Crippen molar-refractivity contribution in [2.24, 2.45) is 0 Å². The van der Waals surface area contributed by atoms with Gasteiger partial charge in [-0.1, -0.05) is 0 Å². The average Bonchev–Trinajstić information content (AvgIpc) is 2.81. The van der Waals surface area contributed by atoms with Gasteiger partial charge in [-0.25, -0.2) is 19.2 Å². The molecule has 2 aliphatic rings. The zero-order chi connectivity index (χ0) is 30.3. The highest BCUT2D eigenvalue weighted by atomic mass is 16.6. The van der Waals surface area contributed by atoms with E-state index in [1.807, 2.05) is 41.5 Å². The molecule has 0 spiro atoms. The van der Waals surface area contributed by atoms with Gasteiger partial charge in [-0.2, -0.15) is 0 Å². The summed E-state index contributed by atoms with van der Waals surface area (Å²) in [5.41, 5.74) is -0.976. The summed E-state index contributed by atoms with van der Waals surface area (Å²) in [5, 5.41) is 14.2. The third kappa shape index (κ3) is 17.9. The molecule has 2 rings (SSSR count). The zero-order valence-electron chi connectivity index (χ0n) is 25.2. The summed E-state index contributed by atoms with van der Waals surface area (Å²) in [6.45, 7) is 12.9. The third-order valence-electron chi connectivity index (χ3n) is 5.97. The molecule has 0 aromatic carbocycles. The van der Waals surface area contributed by atoms with Crippen LogP contribution in [0.4, 0.5) is 9.59 Å². The standard InChI is InChI=1S/C15H27NO5.C13H23NO5/c1-5-19-13(17)10-20-12-8-6-11(7-9-12)16-14(18)21-15(2,3)4;1-13(2,3)19-12(17)14-9-4-6-10(7-5-9)18-8-11(15)16/h11-12H,5-10H2,1-4H3,(H,16,18);9-10H,4-8H2,1-3H3,(H,14,17)(H,15,16). The van der Waals surface area contributed by atoms with Crippen LogP contribution in [-0.4, -0.2) is 84.5 Å². The van der Waals surface area contributed by atoms with Gasteiger partial charge in [0.2, 0.25) is 0 Å². The molecule has 2 aliphatic carbocycles. The molecule has 0 bridgehead atoms. The maximum absolute atomic E-state index is 11.7.